The molecule has 0 saturated heterocycles. The topological polar surface area (TPSA) is 43.4 Å². The van der Waals surface area contributed by atoms with E-state index >= 15 is 0 Å². The van der Waals surface area contributed by atoms with Gasteiger partial charge in [0.15, 0.2) is 0 Å². The van der Waals surface area contributed by atoms with E-state index < -0.39 is 11.3 Å². The third-order valence-corrected chi connectivity index (χ3v) is 7.06. The Morgan fingerprint density at radius 2 is 1.82 bits per heavy atom. The van der Waals surface area contributed by atoms with E-state index in [1.807, 2.05) is 30.3 Å². The van der Waals surface area contributed by atoms with Crippen molar-refractivity contribution >= 4 is 22.3 Å². The molecule has 1 spiro atoms. The molecule has 3 nitrogen and oxygen atoms in total. The van der Waals surface area contributed by atoms with Gasteiger partial charge in [-0.25, -0.2) is 0 Å². The molecule has 0 aromatic heterocycles. The molecule has 4 aliphatic rings. The van der Waals surface area contributed by atoms with Crippen LogP contribution >= 0.6 is 0 Å². The first kappa shape index (κ1) is 16.1. The van der Waals surface area contributed by atoms with Gasteiger partial charge in [-0.15, -0.1) is 0 Å². The summed E-state index contributed by atoms with van der Waals surface area (Å²) in [6, 6.07) is 18.4. The molecule has 0 amide bonds. The Kier molecular flexibility index (Phi) is 3.05. The first-order valence-electron chi connectivity index (χ1n) is 9.98. The lowest BCUT2D eigenvalue weighted by Gasteiger charge is -2.47. The van der Waals surface area contributed by atoms with Crippen LogP contribution in [0.25, 0.3) is 10.8 Å². The molecular formula is C25H20O3. The number of rotatable bonds is 1. The van der Waals surface area contributed by atoms with Crippen LogP contribution in [-0.4, -0.2) is 11.6 Å². The smallest absolute Gasteiger partial charge is 0.145 e. The molecule has 1 fully saturated rings. The van der Waals surface area contributed by atoms with E-state index in [4.69, 9.17) is 4.74 Å². The summed E-state index contributed by atoms with van der Waals surface area (Å²) in [6.45, 7) is 1.58. The molecule has 3 aliphatic carbocycles. The number of benzene rings is 3. The highest BCUT2D eigenvalue weighted by atomic mass is 16.5. The molecule has 3 aromatic carbocycles. The van der Waals surface area contributed by atoms with Crippen molar-refractivity contribution in [3.63, 3.8) is 0 Å². The minimum atomic E-state index is -0.645. The summed E-state index contributed by atoms with van der Waals surface area (Å²) >= 11 is 0. The molecular weight excluding hydrogens is 348 g/mol. The zero-order chi connectivity index (χ0) is 19.0. The summed E-state index contributed by atoms with van der Waals surface area (Å²) in [6.07, 6.45) is 2.18. The third-order valence-electron chi connectivity index (χ3n) is 7.06. The Balaban J connectivity index is 1.83. The first-order chi connectivity index (χ1) is 13.6. The van der Waals surface area contributed by atoms with Crippen LogP contribution in [0.3, 0.4) is 0 Å². The van der Waals surface area contributed by atoms with Crippen molar-refractivity contribution in [2.45, 2.75) is 37.5 Å². The maximum Gasteiger partial charge on any atom is 0.145 e. The summed E-state index contributed by atoms with van der Waals surface area (Å²) in [7, 11) is 0. The standard InChI is InChI=1S/C25H20O3/c1-14(26)22-19(27)13-16-11-12-25(22)23-17-6-3-2-5-15(17)9-10-21(23)28-20-8-4-7-18(16)24(20)25/h2-10,16,22H,11-13H2,1H3/t16-,22?,25+/m0/s1. The minimum Gasteiger partial charge on any atom is -0.457 e. The normalized spacial score (nSPS) is 27.0. The number of ether oxygens (including phenoxy) is 1. The largest absolute Gasteiger partial charge is 0.457 e. The number of carbonyl (C=O) groups excluding carboxylic acids is 2. The minimum absolute atomic E-state index is 0.0333. The summed E-state index contributed by atoms with van der Waals surface area (Å²) < 4.78 is 6.38. The van der Waals surface area contributed by atoms with E-state index in [0.29, 0.717) is 6.42 Å². The first-order valence-corrected chi connectivity index (χ1v) is 9.98. The van der Waals surface area contributed by atoms with Crippen LogP contribution in [0.2, 0.25) is 0 Å². The lowest BCUT2D eigenvalue weighted by molar-refractivity contribution is -0.133. The molecule has 0 radical (unpaired) electrons. The molecule has 7 rings (SSSR count). The Labute approximate surface area is 163 Å². The number of ketones is 2. The number of hydrogen-bond donors (Lipinski definition) is 0. The Bertz CT molecular complexity index is 1190. The predicted octanol–water partition coefficient (Wildman–Crippen LogP) is 5.29. The predicted molar refractivity (Wildman–Crippen MR) is 107 cm³/mol. The van der Waals surface area contributed by atoms with Crippen LogP contribution in [0.4, 0.5) is 0 Å². The van der Waals surface area contributed by atoms with Gasteiger partial charge in [-0.05, 0) is 54.2 Å². The summed E-state index contributed by atoms with van der Waals surface area (Å²) in [5, 5.41) is 2.20. The monoisotopic (exact) mass is 368 g/mol. The number of fused-ring (bicyclic) bond motifs is 6. The maximum absolute atomic E-state index is 13.4. The van der Waals surface area contributed by atoms with Crippen LogP contribution in [0.5, 0.6) is 11.5 Å². The van der Waals surface area contributed by atoms with Crippen LogP contribution in [0.1, 0.15) is 48.8 Å². The van der Waals surface area contributed by atoms with Crippen molar-refractivity contribution < 1.29 is 14.3 Å². The lowest BCUT2D eigenvalue weighted by Crippen LogP contribution is -2.46. The average Bonchev–Trinajstić information content (AvgIpc) is 2.90. The van der Waals surface area contributed by atoms with Crippen molar-refractivity contribution in [3.8, 4) is 11.5 Å². The molecule has 3 atom stereocenters. The second-order valence-corrected chi connectivity index (χ2v) is 8.40. The molecule has 138 valence electrons. The van der Waals surface area contributed by atoms with E-state index in [1.165, 1.54) is 5.56 Å². The van der Waals surface area contributed by atoms with Crippen molar-refractivity contribution in [2.24, 2.45) is 5.92 Å². The highest BCUT2D eigenvalue weighted by Crippen LogP contribution is 2.63. The fraction of sp³-hybridized carbons (Fsp3) is 0.280. The van der Waals surface area contributed by atoms with Crippen LogP contribution < -0.4 is 4.74 Å². The van der Waals surface area contributed by atoms with E-state index in [-0.39, 0.29) is 17.5 Å². The maximum atomic E-state index is 13.4. The van der Waals surface area contributed by atoms with E-state index in [2.05, 4.69) is 24.3 Å². The SMILES string of the molecule is CC(=O)C1C(=O)C[C@@H]2CC[C@@]13c1c(cccc12)Oc1ccc2ccccc2c13. The van der Waals surface area contributed by atoms with Gasteiger partial charge in [0, 0.05) is 23.0 Å². The van der Waals surface area contributed by atoms with Crippen molar-refractivity contribution in [3.05, 3.63) is 71.3 Å². The van der Waals surface area contributed by atoms with Crippen LogP contribution in [-0.2, 0) is 15.0 Å². The fourth-order valence-electron chi connectivity index (χ4n) is 6.15. The van der Waals surface area contributed by atoms with Gasteiger partial charge in [0.25, 0.3) is 0 Å². The molecule has 1 aliphatic heterocycles. The van der Waals surface area contributed by atoms with Gasteiger partial charge in [-0.3, -0.25) is 9.59 Å². The van der Waals surface area contributed by atoms with Gasteiger partial charge in [-0.1, -0.05) is 42.5 Å². The van der Waals surface area contributed by atoms with E-state index in [9.17, 15) is 9.59 Å². The highest BCUT2D eigenvalue weighted by molar-refractivity contribution is 6.07. The Morgan fingerprint density at radius 1 is 1.00 bits per heavy atom. The van der Waals surface area contributed by atoms with Crippen molar-refractivity contribution in [1.29, 1.82) is 0 Å². The molecule has 3 aromatic rings. The Hall–Kier alpha value is -2.94. The lowest BCUT2D eigenvalue weighted by atomic mass is 9.57. The molecule has 3 heteroatoms. The van der Waals surface area contributed by atoms with Gasteiger partial charge < -0.3 is 4.74 Å². The van der Waals surface area contributed by atoms with Crippen LogP contribution in [0.15, 0.2) is 54.6 Å². The fourth-order valence-corrected chi connectivity index (χ4v) is 6.15. The van der Waals surface area contributed by atoms with Gasteiger partial charge in [0.2, 0.25) is 0 Å². The second-order valence-electron chi connectivity index (χ2n) is 8.40. The summed E-state index contributed by atoms with van der Waals surface area (Å²) in [5.74, 6) is 1.18. The van der Waals surface area contributed by atoms with Gasteiger partial charge in [-0.2, -0.15) is 0 Å². The average molecular weight is 368 g/mol. The number of Topliss-reactive ketones (excluding diaryl/α,β-unsaturated/α-hetero) is 2. The zero-order valence-corrected chi connectivity index (χ0v) is 15.7. The third kappa shape index (κ3) is 1.80. The Morgan fingerprint density at radius 3 is 2.68 bits per heavy atom. The molecule has 1 saturated carbocycles. The van der Waals surface area contributed by atoms with Crippen molar-refractivity contribution in [2.75, 3.05) is 0 Å². The van der Waals surface area contributed by atoms with Crippen LogP contribution in [0, 0.1) is 5.92 Å². The van der Waals surface area contributed by atoms with Gasteiger partial charge >= 0.3 is 0 Å². The quantitative estimate of drug-likeness (QED) is 0.548. The van der Waals surface area contributed by atoms with Gasteiger partial charge in [0.1, 0.15) is 23.1 Å². The molecule has 2 bridgehead atoms. The summed E-state index contributed by atoms with van der Waals surface area (Å²) in [4.78, 5) is 26.3. The molecule has 28 heavy (non-hydrogen) atoms. The summed E-state index contributed by atoms with van der Waals surface area (Å²) in [5.41, 5.74) is 2.68. The molecule has 0 N–H and O–H groups in total. The van der Waals surface area contributed by atoms with Gasteiger partial charge in [0.05, 0.1) is 5.92 Å². The van der Waals surface area contributed by atoms with E-state index in [0.717, 1.165) is 46.2 Å². The number of hydrogen-bond acceptors (Lipinski definition) is 3. The molecule has 1 heterocycles. The second kappa shape index (κ2) is 5.32. The van der Waals surface area contributed by atoms with E-state index in [1.54, 1.807) is 6.92 Å². The highest BCUT2D eigenvalue weighted by Gasteiger charge is 2.58. The zero-order valence-electron chi connectivity index (χ0n) is 15.7. The van der Waals surface area contributed by atoms with Crippen molar-refractivity contribution in [1.82, 2.24) is 0 Å². The number of carbonyl (C=O) groups is 2. The molecule has 1 unspecified atom stereocenters.